The van der Waals surface area contributed by atoms with Gasteiger partial charge in [-0.15, -0.1) is 0 Å². The van der Waals surface area contributed by atoms with Crippen molar-refractivity contribution in [3.8, 4) is 0 Å². The number of nitrogens with one attached hydrogen (secondary N) is 1. The molecule has 2 aliphatic rings. The van der Waals surface area contributed by atoms with Crippen molar-refractivity contribution < 1.29 is 18.0 Å². The highest BCUT2D eigenvalue weighted by Crippen LogP contribution is 2.44. The Bertz CT molecular complexity index is 1500. The Kier molecular flexibility index (Phi) is 7.88. The maximum Gasteiger partial charge on any atom is 0.220 e. The number of fused-ring (bicyclic) bond motifs is 1. The van der Waals surface area contributed by atoms with Crippen LogP contribution in [0.3, 0.4) is 0 Å². The van der Waals surface area contributed by atoms with Gasteiger partial charge in [0.15, 0.2) is 15.6 Å². The molecule has 0 saturated carbocycles. The van der Waals surface area contributed by atoms with Crippen LogP contribution in [0.15, 0.2) is 65.6 Å². The molecule has 0 spiro atoms. The predicted molar refractivity (Wildman–Crippen MR) is 150 cm³/mol. The van der Waals surface area contributed by atoms with Crippen molar-refractivity contribution >= 4 is 56.3 Å². The van der Waals surface area contributed by atoms with Gasteiger partial charge in [-0.25, -0.2) is 8.42 Å². The van der Waals surface area contributed by atoms with E-state index in [1.807, 2.05) is 18.2 Å². The van der Waals surface area contributed by atoms with Crippen LogP contribution in [0.25, 0.3) is 0 Å². The average Bonchev–Trinajstić information content (AvgIpc) is 3.28. The van der Waals surface area contributed by atoms with Crippen molar-refractivity contribution in [1.82, 2.24) is 5.32 Å². The summed E-state index contributed by atoms with van der Waals surface area (Å²) in [6.07, 6.45) is 3.15. The van der Waals surface area contributed by atoms with E-state index in [1.54, 1.807) is 36.4 Å². The van der Waals surface area contributed by atoms with Gasteiger partial charge in [-0.05, 0) is 78.6 Å². The van der Waals surface area contributed by atoms with Crippen LogP contribution in [0.2, 0.25) is 15.1 Å². The van der Waals surface area contributed by atoms with E-state index in [0.717, 1.165) is 18.4 Å². The summed E-state index contributed by atoms with van der Waals surface area (Å²) in [5.41, 5.74) is 2.59. The molecular weight excluding hydrogens is 565 g/mol. The number of carbonyl (C=O) groups excluding carboxylic acids is 2. The van der Waals surface area contributed by atoms with E-state index >= 15 is 0 Å². The number of hydrogen-bond donors (Lipinski definition) is 1. The van der Waals surface area contributed by atoms with E-state index in [1.165, 1.54) is 6.07 Å². The minimum absolute atomic E-state index is 0.0399. The maximum absolute atomic E-state index is 14.0. The van der Waals surface area contributed by atoms with Crippen molar-refractivity contribution in [2.45, 2.75) is 54.7 Å². The molecule has 0 aromatic heterocycles. The zero-order chi connectivity index (χ0) is 27.0. The minimum atomic E-state index is -3.79. The first-order chi connectivity index (χ1) is 18.1. The quantitative estimate of drug-likeness (QED) is 0.306. The molecule has 1 amide bonds. The molecule has 5 nitrogen and oxygen atoms in total. The zero-order valence-electron chi connectivity index (χ0n) is 20.4. The largest absolute Gasteiger partial charge is 0.353 e. The number of rotatable bonds is 7. The van der Waals surface area contributed by atoms with Gasteiger partial charge in [-0.3, -0.25) is 9.59 Å². The van der Waals surface area contributed by atoms with Crippen molar-refractivity contribution in [2.24, 2.45) is 5.92 Å². The van der Waals surface area contributed by atoms with Gasteiger partial charge in [0, 0.05) is 23.9 Å². The Labute approximate surface area is 237 Å². The lowest BCUT2D eigenvalue weighted by Crippen LogP contribution is -2.32. The Balaban J connectivity index is 1.50. The normalized spacial score (nSPS) is 21.1. The third kappa shape index (κ3) is 5.64. The molecule has 198 valence electrons. The fraction of sp³-hybridized carbons (Fsp3) is 0.310. The van der Waals surface area contributed by atoms with Crippen LogP contribution in [0.5, 0.6) is 0 Å². The van der Waals surface area contributed by atoms with Crippen LogP contribution in [-0.4, -0.2) is 26.2 Å². The molecule has 1 fully saturated rings. The molecule has 3 aromatic carbocycles. The second kappa shape index (κ2) is 11.0. The van der Waals surface area contributed by atoms with E-state index in [9.17, 15) is 18.0 Å². The molecule has 38 heavy (non-hydrogen) atoms. The highest BCUT2D eigenvalue weighted by molar-refractivity contribution is 7.91. The Morgan fingerprint density at radius 3 is 2.39 bits per heavy atom. The summed E-state index contributed by atoms with van der Waals surface area (Å²) in [4.78, 5) is 25.0. The van der Waals surface area contributed by atoms with Gasteiger partial charge in [-0.2, -0.15) is 0 Å². The van der Waals surface area contributed by atoms with Crippen molar-refractivity contribution in [2.75, 3.05) is 0 Å². The van der Waals surface area contributed by atoms with Gasteiger partial charge >= 0.3 is 0 Å². The molecule has 1 saturated heterocycles. The van der Waals surface area contributed by atoms with Gasteiger partial charge in [0.1, 0.15) is 0 Å². The molecule has 3 atom stereocenters. The molecule has 1 aliphatic carbocycles. The first kappa shape index (κ1) is 27.2. The fourth-order valence-corrected chi connectivity index (χ4v) is 8.47. The molecule has 0 radical (unpaired) electrons. The lowest BCUT2D eigenvalue weighted by molar-refractivity contribution is -0.119. The maximum atomic E-state index is 14.0. The molecular formula is C29H26Cl3NO4S. The van der Waals surface area contributed by atoms with Crippen LogP contribution in [0, 0.1) is 5.92 Å². The van der Waals surface area contributed by atoms with E-state index in [2.05, 4.69) is 5.32 Å². The van der Waals surface area contributed by atoms with Gasteiger partial charge in [-0.1, -0.05) is 65.1 Å². The predicted octanol–water partition coefficient (Wildman–Crippen LogP) is 6.82. The smallest absolute Gasteiger partial charge is 0.220 e. The highest BCUT2D eigenvalue weighted by Gasteiger charge is 2.38. The lowest BCUT2D eigenvalue weighted by atomic mass is 9.79. The number of benzene rings is 3. The number of Topliss-reactive ketones (excluding diaryl/α,β-unsaturated/α-hetero) is 1. The molecule has 1 heterocycles. The lowest BCUT2D eigenvalue weighted by Gasteiger charge is -2.33. The zero-order valence-corrected chi connectivity index (χ0v) is 23.5. The number of ketones is 1. The number of amides is 1. The first-order valence-electron chi connectivity index (χ1n) is 12.5. The summed E-state index contributed by atoms with van der Waals surface area (Å²) in [5.74, 6) is -0.109. The third-order valence-electron chi connectivity index (χ3n) is 7.42. The summed E-state index contributed by atoms with van der Waals surface area (Å²) in [7, 11) is -3.79. The number of hydrogen-bond acceptors (Lipinski definition) is 4. The standard InChI is InChI=1S/C29H26Cl3NO4S/c30-20-3-1-4-22(16-20)38(36,37)27-15-18(12-21-9-10-28(35)33-21)11-19-8-7-17(13-23(19)27)14-26(34)29-24(31)5-2-6-25(29)32/h1-8,13,16,18,21,27H,9-12,14-15H2,(H,33,35)/t18-,21?,27?/m0/s1. The molecule has 3 aromatic rings. The topological polar surface area (TPSA) is 80.3 Å². The first-order valence-corrected chi connectivity index (χ1v) is 15.2. The van der Waals surface area contributed by atoms with E-state index in [-0.39, 0.29) is 50.6 Å². The van der Waals surface area contributed by atoms with Crippen LogP contribution in [-0.2, 0) is 27.5 Å². The molecule has 9 heteroatoms. The average molecular weight is 591 g/mol. The molecule has 1 N–H and O–H groups in total. The Hall–Kier alpha value is -2.38. The number of sulfone groups is 1. The molecule has 2 unspecified atom stereocenters. The summed E-state index contributed by atoms with van der Waals surface area (Å²) in [6, 6.07) is 16.9. The van der Waals surface area contributed by atoms with Crippen molar-refractivity contribution in [3.63, 3.8) is 0 Å². The van der Waals surface area contributed by atoms with Crippen LogP contribution < -0.4 is 5.32 Å². The van der Waals surface area contributed by atoms with E-state index in [4.69, 9.17) is 34.8 Å². The summed E-state index contributed by atoms with van der Waals surface area (Å²) < 4.78 is 27.9. The molecule has 5 rings (SSSR count). The number of halogens is 3. The fourth-order valence-electron chi connectivity index (χ4n) is 5.64. The van der Waals surface area contributed by atoms with Crippen LogP contribution >= 0.6 is 34.8 Å². The van der Waals surface area contributed by atoms with Gasteiger partial charge in [0.2, 0.25) is 5.91 Å². The molecule has 1 aliphatic heterocycles. The summed E-state index contributed by atoms with van der Waals surface area (Å²) in [5, 5.41) is 3.12. The Morgan fingerprint density at radius 1 is 0.974 bits per heavy atom. The summed E-state index contributed by atoms with van der Waals surface area (Å²) in [6.45, 7) is 0. The summed E-state index contributed by atoms with van der Waals surface area (Å²) >= 11 is 18.6. The highest BCUT2D eigenvalue weighted by atomic mass is 35.5. The Morgan fingerprint density at radius 2 is 1.71 bits per heavy atom. The van der Waals surface area contributed by atoms with Crippen molar-refractivity contribution in [1.29, 1.82) is 0 Å². The third-order valence-corrected chi connectivity index (χ3v) is 10.4. The molecule has 0 bridgehead atoms. The van der Waals surface area contributed by atoms with E-state index in [0.29, 0.717) is 35.4 Å². The van der Waals surface area contributed by atoms with Gasteiger partial charge in [0.25, 0.3) is 0 Å². The van der Waals surface area contributed by atoms with Gasteiger partial charge in [0.05, 0.1) is 25.8 Å². The SMILES string of the molecule is O=C1CCC(C[C@@H]2Cc3ccc(CC(=O)c4c(Cl)cccc4Cl)cc3C(S(=O)(=O)c3cccc(Cl)c3)C2)N1. The second-order valence-corrected chi connectivity index (χ2v) is 13.4. The van der Waals surface area contributed by atoms with Crippen LogP contribution in [0.1, 0.15) is 58.0 Å². The van der Waals surface area contributed by atoms with Crippen molar-refractivity contribution in [3.05, 3.63) is 98.0 Å². The monoisotopic (exact) mass is 589 g/mol. The van der Waals surface area contributed by atoms with Gasteiger partial charge < -0.3 is 5.32 Å². The minimum Gasteiger partial charge on any atom is -0.353 e. The number of carbonyl (C=O) groups is 2. The second-order valence-electron chi connectivity index (χ2n) is 10.1. The van der Waals surface area contributed by atoms with Crippen LogP contribution in [0.4, 0.5) is 0 Å². The van der Waals surface area contributed by atoms with E-state index < -0.39 is 15.1 Å².